The maximum atomic E-state index is 10.3. The van der Waals surface area contributed by atoms with E-state index in [2.05, 4.69) is 10.7 Å². The third-order valence-electron chi connectivity index (χ3n) is 1.74. The van der Waals surface area contributed by atoms with Crippen LogP contribution in [0.1, 0.15) is 11.6 Å². The standard InChI is InChI=1S/C8H10N2O3/c9-6(7(11)8(12)13)5-2-1-3-10-4-5/h1-4,6-7,11H,9H2,(H,12,13)/t6-,7-/m0/s1. The van der Waals surface area contributed by atoms with Crippen molar-refractivity contribution < 1.29 is 20.7 Å². The SMILES string of the molecule is [NH3+][C@@H](c1cccnc1)[C@H](O)C(=O)[O-]. The number of aliphatic hydroxyl groups is 1. The summed E-state index contributed by atoms with van der Waals surface area (Å²) in [5, 5.41) is 19.4. The molecule has 1 aromatic heterocycles. The van der Waals surface area contributed by atoms with E-state index in [0.29, 0.717) is 5.56 Å². The minimum atomic E-state index is -1.59. The summed E-state index contributed by atoms with van der Waals surface area (Å²) in [7, 11) is 0. The van der Waals surface area contributed by atoms with E-state index < -0.39 is 18.1 Å². The van der Waals surface area contributed by atoms with Gasteiger partial charge < -0.3 is 20.7 Å². The fraction of sp³-hybridized carbons (Fsp3) is 0.250. The number of quaternary nitrogens is 1. The molecule has 0 aromatic carbocycles. The first-order chi connectivity index (χ1) is 6.13. The zero-order valence-electron chi connectivity index (χ0n) is 6.88. The smallest absolute Gasteiger partial charge is 0.149 e. The molecule has 1 rings (SSSR count). The van der Waals surface area contributed by atoms with Crippen LogP contribution in [0.25, 0.3) is 0 Å². The van der Waals surface area contributed by atoms with E-state index in [1.165, 1.54) is 6.20 Å². The molecule has 4 N–H and O–H groups in total. The first-order valence-electron chi connectivity index (χ1n) is 3.75. The van der Waals surface area contributed by atoms with Gasteiger partial charge in [0.15, 0.2) is 0 Å². The second-order valence-electron chi connectivity index (χ2n) is 2.66. The number of carbonyl (C=O) groups is 1. The molecule has 0 spiro atoms. The van der Waals surface area contributed by atoms with Gasteiger partial charge in [-0.25, -0.2) is 0 Å². The van der Waals surface area contributed by atoms with Crippen LogP contribution in [0.4, 0.5) is 0 Å². The predicted molar refractivity (Wildman–Crippen MR) is 40.9 cm³/mol. The zero-order chi connectivity index (χ0) is 9.84. The van der Waals surface area contributed by atoms with Crippen LogP contribution in [-0.4, -0.2) is 22.2 Å². The van der Waals surface area contributed by atoms with Crippen molar-refractivity contribution in [1.82, 2.24) is 4.98 Å². The molecule has 5 heteroatoms. The third-order valence-corrected chi connectivity index (χ3v) is 1.74. The number of hydrogen-bond acceptors (Lipinski definition) is 4. The van der Waals surface area contributed by atoms with Crippen LogP contribution < -0.4 is 10.8 Å². The molecule has 0 unspecified atom stereocenters. The van der Waals surface area contributed by atoms with Gasteiger partial charge in [-0.15, -0.1) is 0 Å². The molecule has 13 heavy (non-hydrogen) atoms. The lowest BCUT2D eigenvalue weighted by Crippen LogP contribution is -2.62. The summed E-state index contributed by atoms with van der Waals surface area (Å²) in [6, 6.07) is 2.55. The highest BCUT2D eigenvalue weighted by Gasteiger charge is 2.21. The van der Waals surface area contributed by atoms with Gasteiger partial charge in [0.05, 0.1) is 5.97 Å². The van der Waals surface area contributed by atoms with Crippen LogP contribution >= 0.6 is 0 Å². The van der Waals surface area contributed by atoms with E-state index in [9.17, 15) is 9.90 Å². The normalized spacial score (nSPS) is 14.9. The third kappa shape index (κ3) is 2.24. The van der Waals surface area contributed by atoms with Crippen LogP contribution in [-0.2, 0) is 4.79 Å². The van der Waals surface area contributed by atoms with Crippen molar-refractivity contribution >= 4 is 5.97 Å². The summed E-state index contributed by atoms with van der Waals surface area (Å²) in [5.41, 5.74) is 4.09. The maximum absolute atomic E-state index is 10.3. The molecule has 5 nitrogen and oxygen atoms in total. The Balaban J connectivity index is 2.79. The highest BCUT2D eigenvalue weighted by atomic mass is 16.4. The Morgan fingerprint density at radius 3 is 2.85 bits per heavy atom. The Hall–Kier alpha value is -1.46. The molecule has 0 aliphatic heterocycles. The molecule has 0 aliphatic carbocycles. The summed E-state index contributed by atoms with van der Waals surface area (Å²) >= 11 is 0. The van der Waals surface area contributed by atoms with Gasteiger partial charge in [-0.1, -0.05) is 0 Å². The van der Waals surface area contributed by atoms with Crippen LogP contribution in [0, 0.1) is 0 Å². The van der Waals surface area contributed by atoms with Crippen molar-refractivity contribution in [3.05, 3.63) is 30.1 Å². The van der Waals surface area contributed by atoms with Gasteiger partial charge in [0.1, 0.15) is 12.1 Å². The second kappa shape index (κ2) is 3.97. The van der Waals surface area contributed by atoms with Crippen LogP contribution in [0.2, 0.25) is 0 Å². The lowest BCUT2D eigenvalue weighted by Gasteiger charge is -2.16. The van der Waals surface area contributed by atoms with Crippen molar-refractivity contribution in [2.75, 3.05) is 0 Å². The van der Waals surface area contributed by atoms with Crippen molar-refractivity contribution in [3.63, 3.8) is 0 Å². The van der Waals surface area contributed by atoms with Gasteiger partial charge in [-0.05, 0) is 12.1 Å². The highest BCUT2D eigenvalue weighted by Crippen LogP contribution is 2.09. The van der Waals surface area contributed by atoms with Crippen molar-refractivity contribution in [3.8, 4) is 0 Å². The maximum Gasteiger partial charge on any atom is 0.149 e. The number of carboxylic acid groups (broad SMARTS) is 1. The fourth-order valence-corrected chi connectivity index (χ4v) is 0.942. The molecule has 70 valence electrons. The molecule has 0 amide bonds. The average molecular weight is 182 g/mol. The number of nitrogens with zero attached hydrogens (tertiary/aromatic N) is 1. The number of rotatable bonds is 3. The van der Waals surface area contributed by atoms with Crippen LogP contribution in [0.5, 0.6) is 0 Å². The summed E-state index contributed by atoms with van der Waals surface area (Å²) < 4.78 is 0. The van der Waals surface area contributed by atoms with Crippen molar-refractivity contribution in [1.29, 1.82) is 0 Å². The van der Waals surface area contributed by atoms with Gasteiger partial charge in [0.25, 0.3) is 0 Å². The molecule has 0 fully saturated rings. The Morgan fingerprint density at radius 1 is 1.69 bits per heavy atom. The topological polar surface area (TPSA) is 101 Å². The van der Waals surface area contributed by atoms with Crippen molar-refractivity contribution in [2.24, 2.45) is 0 Å². The summed E-state index contributed by atoms with van der Waals surface area (Å²) in [5.74, 6) is -1.52. The molecule has 0 saturated heterocycles. The number of pyridine rings is 1. The van der Waals surface area contributed by atoms with Gasteiger partial charge >= 0.3 is 0 Å². The molecule has 0 bridgehead atoms. The van der Waals surface area contributed by atoms with Gasteiger partial charge in [-0.3, -0.25) is 4.98 Å². The number of hydrogen-bond donors (Lipinski definition) is 2. The van der Waals surface area contributed by atoms with E-state index in [1.807, 2.05) is 0 Å². The summed E-state index contributed by atoms with van der Waals surface area (Å²) in [6.07, 6.45) is 1.43. The van der Waals surface area contributed by atoms with Gasteiger partial charge in [0, 0.05) is 18.0 Å². The fourth-order valence-electron chi connectivity index (χ4n) is 0.942. The minimum Gasteiger partial charge on any atom is -0.547 e. The predicted octanol–water partition coefficient (Wildman–Crippen LogP) is -2.52. The number of carbonyl (C=O) groups excluding carboxylic acids is 1. The Kier molecular flexibility index (Phi) is 2.94. The van der Waals surface area contributed by atoms with Crippen LogP contribution in [0.15, 0.2) is 24.5 Å². The minimum absolute atomic E-state index is 0.569. The first-order valence-corrected chi connectivity index (χ1v) is 3.75. The van der Waals surface area contributed by atoms with E-state index >= 15 is 0 Å². The summed E-state index contributed by atoms with van der Waals surface area (Å²) in [4.78, 5) is 14.1. The molecule has 2 atom stereocenters. The Morgan fingerprint density at radius 2 is 2.38 bits per heavy atom. The van der Waals surface area contributed by atoms with Crippen molar-refractivity contribution in [2.45, 2.75) is 12.1 Å². The zero-order valence-corrected chi connectivity index (χ0v) is 6.88. The number of carboxylic acids is 1. The van der Waals surface area contributed by atoms with E-state index in [1.54, 1.807) is 18.3 Å². The molecule has 0 aliphatic rings. The molecule has 1 heterocycles. The first kappa shape index (κ1) is 9.63. The quantitative estimate of drug-likeness (QED) is 0.538. The number of aliphatic hydroxyl groups excluding tert-OH is 1. The number of aromatic nitrogens is 1. The molecular weight excluding hydrogens is 172 g/mol. The Bertz CT molecular complexity index is 289. The Labute approximate surface area is 74.8 Å². The van der Waals surface area contributed by atoms with E-state index in [0.717, 1.165) is 0 Å². The number of aliphatic carboxylic acids is 1. The lowest BCUT2D eigenvalue weighted by atomic mass is 10.1. The second-order valence-corrected chi connectivity index (χ2v) is 2.66. The highest BCUT2D eigenvalue weighted by molar-refractivity contribution is 5.70. The molecule has 0 saturated carbocycles. The van der Waals surface area contributed by atoms with Gasteiger partial charge in [-0.2, -0.15) is 0 Å². The van der Waals surface area contributed by atoms with Gasteiger partial charge in [0.2, 0.25) is 0 Å². The summed E-state index contributed by atoms with van der Waals surface area (Å²) in [6.45, 7) is 0. The average Bonchev–Trinajstić information content (AvgIpc) is 2.17. The lowest BCUT2D eigenvalue weighted by molar-refractivity contribution is -0.448. The molecule has 0 radical (unpaired) electrons. The van der Waals surface area contributed by atoms with E-state index in [4.69, 9.17) is 5.11 Å². The van der Waals surface area contributed by atoms with Crippen LogP contribution in [0.3, 0.4) is 0 Å². The molecular formula is C8H10N2O3. The van der Waals surface area contributed by atoms with E-state index in [-0.39, 0.29) is 0 Å². The molecule has 1 aromatic rings. The largest absolute Gasteiger partial charge is 0.547 e. The monoisotopic (exact) mass is 182 g/mol.